The normalized spacial score (nSPS) is 23.9. The minimum atomic E-state index is -2.80. The summed E-state index contributed by atoms with van der Waals surface area (Å²) in [5.41, 5.74) is 0.892. The van der Waals surface area contributed by atoms with Gasteiger partial charge in [0.25, 0.3) is 0 Å². The Morgan fingerprint density at radius 2 is 2.33 bits per heavy atom. The highest BCUT2D eigenvalue weighted by Gasteiger charge is 2.30. The van der Waals surface area contributed by atoms with Crippen molar-refractivity contribution in [3.8, 4) is 0 Å². The van der Waals surface area contributed by atoms with Gasteiger partial charge in [0.2, 0.25) is 0 Å². The largest absolute Gasteiger partial charge is 0.309 e. The Balaban J connectivity index is 2.04. The molecule has 1 aliphatic rings. The summed E-state index contributed by atoms with van der Waals surface area (Å²) in [7, 11) is -2.80. The second-order valence-electron chi connectivity index (χ2n) is 4.75. The second kappa shape index (κ2) is 5.75. The summed E-state index contributed by atoms with van der Waals surface area (Å²) in [4.78, 5) is 8.37. The zero-order valence-electron chi connectivity index (χ0n) is 10.5. The lowest BCUT2D eigenvalue weighted by molar-refractivity contribution is 0.414. The van der Waals surface area contributed by atoms with Crippen LogP contribution in [-0.4, -0.2) is 36.4 Å². The average Bonchev–Trinajstić information content (AvgIpc) is 2.69. The van der Waals surface area contributed by atoms with Crippen LogP contribution in [-0.2, 0) is 9.84 Å². The van der Waals surface area contributed by atoms with Crippen LogP contribution in [0.2, 0.25) is 0 Å². The fourth-order valence-corrected chi connectivity index (χ4v) is 4.32. The third-order valence-corrected chi connectivity index (χ3v) is 5.12. The summed E-state index contributed by atoms with van der Waals surface area (Å²) >= 11 is 0. The van der Waals surface area contributed by atoms with E-state index in [2.05, 4.69) is 15.3 Å². The molecule has 1 N–H and O–H groups in total. The molecule has 2 rings (SSSR count). The van der Waals surface area contributed by atoms with Crippen molar-refractivity contribution in [1.82, 2.24) is 15.3 Å². The van der Waals surface area contributed by atoms with Crippen molar-refractivity contribution in [3.05, 3.63) is 24.3 Å². The molecular formula is C12H19N3O2S. The van der Waals surface area contributed by atoms with E-state index in [9.17, 15) is 8.42 Å². The first-order valence-electron chi connectivity index (χ1n) is 6.30. The summed E-state index contributed by atoms with van der Waals surface area (Å²) in [6.45, 7) is 2.87. The molecule has 0 aromatic carbocycles. The zero-order chi connectivity index (χ0) is 13.0. The van der Waals surface area contributed by atoms with Crippen LogP contribution in [0.3, 0.4) is 0 Å². The highest BCUT2D eigenvalue weighted by Crippen LogP contribution is 2.27. The number of hydrogen-bond acceptors (Lipinski definition) is 5. The molecular weight excluding hydrogens is 250 g/mol. The van der Waals surface area contributed by atoms with Crippen LogP contribution < -0.4 is 5.32 Å². The van der Waals surface area contributed by atoms with Crippen molar-refractivity contribution < 1.29 is 8.42 Å². The minimum Gasteiger partial charge on any atom is -0.309 e. The highest BCUT2D eigenvalue weighted by molar-refractivity contribution is 7.91. The first-order chi connectivity index (χ1) is 8.61. The molecule has 1 saturated heterocycles. The lowest BCUT2D eigenvalue weighted by Crippen LogP contribution is -2.25. The van der Waals surface area contributed by atoms with Crippen LogP contribution in [0.4, 0.5) is 0 Å². The smallest absolute Gasteiger partial charge is 0.150 e. The Bertz CT molecular complexity index is 475. The Morgan fingerprint density at radius 1 is 1.50 bits per heavy atom. The van der Waals surface area contributed by atoms with Gasteiger partial charge in [-0.25, -0.2) is 8.42 Å². The Hall–Kier alpha value is -1.01. The molecule has 0 aliphatic carbocycles. The second-order valence-corrected chi connectivity index (χ2v) is 6.97. The van der Waals surface area contributed by atoms with Crippen molar-refractivity contribution in [2.45, 2.75) is 25.8 Å². The molecule has 100 valence electrons. The maximum Gasteiger partial charge on any atom is 0.150 e. The number of nitrogens with zero attached hydrogens (tertiary/aromatic N) is 2. The maximum absolute atomic E-state index is 11.5. The van der Waals surface area contributed by atoms with Crippen LogP contribution in [0.25, 0.3) is 0 Å². The van der Waals surface area contributed by atoms with Gasteiger partial charge in [0.15, 0.2) is 9.84 Å². The molecule has 2 heterocycles. The van der Waals surface area contributed by atoms with E-state index in [1.54, 1.807) is 18.6 Å². The zero-order valence-corrected chi connectivity index (χ0v) is 11.4. The standard InChI is InChI=1S/C12H19N3O2S/c1-2-14-11(12-8-13-4-5-15-12)7-10-3-6-18(16,17)9-10/h4-5,8,10-11,14H,2-3,6-7,9H2,1H3. The van der Waals surface area contributed by atoms with E-state index < -0.39 is 9.84 Å². The SMILES string of the molecule is CCNC(CC1CCS(=O)(=O)C1)c1cnccn1. The van der Waals surface area contributed by atoms with Crippen molar-refractivity contribution >= 4 is 9.84 Å². The lowest BCUT2D eigenvalue weighted by atomic mass is 9.97. The van der Waals surface area contributed by atoms with Gasteiger partial charge >= 0.3 is 0 Å². The molecule has 1 fully saturated rings. The topological polar surface area (TPSA) is 72.0 Å². The van der Waals surface area contributed by atoms with E-state index >= 15 is 0 Å². The first kappa shape index (κ1) is 13.4. The molecule has 1 aliphatic heterocycles. The molecule has 0 amide bonds. The van der Waals surface area contributed by atoms with Gasteiger partial charge in [0.1, 0.15) is 0 Å². The van der Waals surface area contributed by atoms with Gasteiger partial charge in [0.05, 0.1) is 23.2 Å². The fraction of sp³-hybridized carbons (Fsp3) is 0.667. The van der Waals surface area contributed by atoms with Crippen molar-refractivity contribution in [2.75, 3.05) is 18.1 Å². The van der Waals surface area contributed by atoms with Gasteiger partial charge in [-0.2, -0.15) is 0 Å². The monoisotopic (exact) mass is 269 g/mol. The van der Waals surface area contributed by atoms with Crippen LogP contribution in [0.1, 0.15) is 31.5 Å². The summed E-state index contributed by atoms with van der Waals surface area (Å²) in [6.07, 6.45) is 6.64. The summed E-state index contributed by atoms with van der Waals surface area (Å²) in [5.74, 6) is 0.882. The van der Waals surface area contributed by atoms with E-state index in [0.29, 0.717) is 11.5 Å². The van der Waals surface area contributed by atoms with Crippen LogP contribution in [0, 0.1) is 5.92 Å². The van der Waals surface area contributed by atoms with Crippen molar-refractivity contribution in [1.29, 1.82) is 0 Å². The van der Waals surface area contributed by atoms with E-state index in [0.717, 1.165) is 25.1 Å². The summed E-state index contributed by atoms with van der Waals surface area (Å²) < 4.78 is 22.9. The molecule has 1 aromatic heterocycles. The summed E-state index contributed by atoms with van der Waals surface area (Å²) in [5, 5.41) is 3.36. The van der Waals surface area contributed by atoms with Gasteiger partial charge in [-0.05, 0) is 25.3 Å². The predicted molar refractivity (Wildman–Crippen MR) is 69.8 cm³/mol. The predicted octanol–water partition coefficient (Wildman–Crippen LogP) is 0.952. The number of nitrogens with one attached hydrogen (secondary N) is 1. The third kappa shape index (κ3) is 3.49. The molecule has 0 bridgehead atoms. The molecule has 0 radical (unpaired) electrons. The van der Waals surface area contributed by atoms with Crippen LogP contribution >= 0.6 is 0 Å². The number of rotatable bonds is 5. The molecule has 2 unspecified atom stereocenters. The molecule has 6 heteroatoms. The average molecular weight is 269 g/mol. The van der Waals surface area contributed by atoms with Crippen LogP contribution in [0.15, 0.2) is 18.6 Å². The Morgan fingerprint density at radius 3 is 2.89 bits per heavy atom. The first-order valence-corrected chi connectivity index (χ1v) is 8.12. The molecule has 18 heavy (non-hydrogen) atoms. The van der Waals surface area contributed by atoms with Crippen LogP contribution in [0.5, 0.6) is 0 Å². The van der Waals surface area contributed by atoms with E-state index in [-0.39, 0.29) is 12.0 Å². The van der Waals surface area contributed by atoms with Gasteiger partial charge < -0.3 is 5.32 Å². The number of hydrogen-bond donors (Lipinski definition) is 1. The van der Waals surface area contributed by atoms with Crippen molar-refractivity contribution in [2.24, 2.45) is 5.92 Å². The molecule has 0 spiro atoms. The van der Waals surface area contributed by atoms with Gasteiger partial charge in [0, 0.05) is 18.6 Å². The third-order valence-electron chi connectivity index (χ3n) is 3.29. The van der Waals surface area contributed by atoms with Gasteiger partial charge in [-0.1, -0.05) is 6.92 Å². The minimum absolute atomic E-state index is 0.0991. The number of sulfone groups is 1. The number of aromatic nitrogens is 2. The highest BCUT2D eigenvalue weighted by atomic mass is 32.2. The van der Waals surface area contributed by atoms with E-state index in [1.165, 1.54) is 0 Å². The Kier molecular flexibility index (Phi) is 4.29. The molecule has 5 nitrogen and oxygen atoms in total. The van der Waals surface area contributed by atoms with E-state index in [4.69, 9.17) is 0 Å². The molecule has 0 saturated carbocycles. The molecule has 2 atom stereocenters. The fourth-order valence-electron chi connectivity index (χ4n) is 2.44. The van der Waals surface area contributed by atoms with E-state index in [1.807, 2.05) is 6.92 Å². The molecule has 1 aromatic rings. The maximum atomic E-state index is 11.5. The van der Waals surface area contributed by atoms with Gasteiger partial charge in [-0.15, -0.1) is 0 Å². The Labute approximate surface area is 108 Å². The van der Waals surface area contributed by atoms with Gasteiger partial charge in [-0.3, -0.25) is 9.97 Å². The van der Waals surface area contributed by atoms with Crippen molar-refractivity contribution in [3.63, 3.8) is 0 Å². The quantitative estimate of drug-likeness (QED) is 0.861. The summed E-state index contributed by atoms with van der Waals surface area (Å²) in [6, 6.07) is 0.0991. The lowest BCUT2D eigenvalue weighted by Gasteiger charge is -2.19.